The van der Waals surface area contributed by atoms with Gasteiger partial charge in [-0.2, -0.15) is 0 Å². The van der Waals surface area contributed by atoms with E-state index in [1.165, 1.54) is 12.3 Å². The van der Waals surface area contributed by atoms with Gasteiger partial charge in [0.05, 0.1) is 6.26 Å². The molecule has 3 nitrogen and oxygen atoms in total. The third kappa shape index (κ3) is 4.06. The summed E-state index contributed by atoms with van der Waals surface area (Å²) < 4.78 is 11.5. The third-order valence-corrected chi connectivity index (χ3v) is 0.606. The second kappa shape index (κ2) is 5.67. The first-order valence-electron chi connectivity index (χ1n) is 2.25. The molecule has 0 fully saturated rings. The Morgan fingerprint density at radius 3 is 2.33 bits per heavy atom. The Labute approximate surface area is 62.4 Å². The van der Waals surface area contributed by atoms with E-state index in [2.05, 4.69) is 4.42 Å². The first kappa shape index (κ1) is 8.53. The Morgan fingerprint density at radius 2 is 2.11 bits per heavy atom. The van der Waals surface area contributed by atoms with Crippen molar-refractivity contribution < 1.29 is 27.0 Å². The summed E-state index contributed by atoms with van der Waals surface area (Å²) in [6, 6.07) is 4.65. The molecule has 4 heteroatoms. The van der Waals surface area contributed by atoms with E-state index in [0.717, 1.165) is 0 Å². The van der Waals surface area contributed by atoms with Gasteiger partial charge in [-0.3, -0.25) is 0 Å². The molecule has 45 valence electrons. The summed E-state index contributed by atoms with van der Waals surface area (Å²) in [7, 11) is 0. The van der Waals surface area contributed by atoms with Gasteiger partial charge in [0.2, 0.25) is 0 Å². The summed E-state index contributed by atoms with van der Waals surface area (Å²) in [6.07, 6.45) is 1.35. The van der Waals surface area contributed by atoms with Crippen LogP contribution in [0.25, 0.3) is 0 Å². The van der Waals surface area contributed by atoms with Crippen molar-refractivity contribution in [2.45, 2.75) is 0 Å². The molecule has 0 aliphatic heterocycles. The van der Waals surface area contributed by atoms with E-state index in [-0.39, 0.29) is 5.63 Å². The molecule has 0 aliphatic rings. The van der Waals surface area contributed by atoms with Gasteiger partial charge in [-0.1, -0.05) is 6.07 Å². The second-order valence-electron chi connectivity index (χ2n) is 1.12. The van der Waals surface area contributed by atoms with Crippen LogP contribution in [0.15, 0.2) is 33.7 Å². The molecule has 0 unspecified atom stereocenters. The minimum atomic E-state index is -0.303. The van der Waals surface area contributed by atoms with Crippen LogP contribution in [0.1, 0.15) is 0 Å². The topological polar surface area (TPSA) is 50.4 Å². The zero-order chi connectivity index (χ0) is 7.11. The van der Waals surface area contributed by atoms with Crippen LogP contribution in [0, 0.1) is 0 Å². The Kier molecular flexibility index (Phi) is 5.37. The predicted octanol–water partition coefficient (Wildman–Crippen LogP) is 0.0803. The van der Waals surface area contributed by atoms with Gasteiger partial charge >= 0.3 is 28.2 Å². The second-order valence-corrected chi connectivity index (χ2v) is 1.12. The van der Waals surface area contributed by atoms with E-state index in [1.54, 1.807) is 12.1 Å². The summed E-state index contributed by atoms with van der Waals surface area (Å²) in [6.45, 7) is 0. The molecule has 0 aliphatic carbocycles. The molecule has 1 rings (SSSR count). The SMILES string of the molecule is O=c1cccco1.[OH][Zn]. The first-order chi connectivity index (χ1) is 4.39. The molecule has 1 N–H and O–H groups in total. The molecule has 0 atom stereocenters. The fourth-order valence-electron chi connectivity index (χ4n) is 0.325. The fourth-order valence-corrected chi connectivity index (χ4v) is 0.325. The van der Waals surface area contributed by atoms with Gasteiger partial charge in [0.25, 0.3) is 0 Å². The van der Waals surface area contributed by atoms with Gasteiger partial charge in [0.15, 0.2) is 0 Å². The molecule has 0 spiro atoms. The quantitative estimate of drug-likeness (QED) is 0.573. The van der Waals surface area contributed by atoms with Crippen LogP contribution in [0.3, 0.4) is 0 Å². The average molecular weight is 178 g/mol. The number of hydrogen-bond donors (Lipinski definition) is 1. The molecule has 0 amide bonds. The van der Waals surface area contributed by atoms with Gasteiger partial charge in [0.1, 0.15) is 0 Å². The Morgan fingerprint density at radius 1 is 1.44 bits per heavy atom. The van der Waals surface area contributed by atoms with E-state index in [9.17, 15) is 4.79 Å². The number of hydrogen-bond acceptors (Lipinski definition) is 3. The van der Waals surface area contributed by atoms with E-state index >= 15 is 0 Å². The van der Waals surface area contributed by atoms with E-state index in [0.29, 0.717) is 18.7 Å². The summed E-state index contributed by atoms with van der Waals surface area (Å²) in [4.78, 5) is 10.1. The van der Waals surface area contributed by atoms with Gasteiger partial charge < -0.3 is 4.42 Å². The molecule has 0 saturated carbocycles. The molecule has 0 aromatic carbocycles. The van der Waals surface area contributed by atoms with Gasteiger partial charge in [-0.05, 0) is 6.07 Å². The minimum absolute atomic E-state index is 0.303. The molecule has 9 heavy (non-hydrogen) atoms. The standard InChI is InChI=1S/C5H4O2.H2O.Zn/c6-5-3-1-2-4-7-5;;/h1-4H;1H2;/q;;+1/p-1. The molecule has 0 saturated heterocycles. The summed E-state index contributed by atoms with van der Waals surface area (Å²) >= 11 is 0.375. The molecular weight excluding hydrogens is 173 g/mol. The molecule has 1 aromatic rings. The monoisotopic (exact) mass is 177 g/mol. The van der Waals surface area contributed by atoms with Crippen LogP contribution in [0.5, 0.6) is 0 Å². The zero-order valence-electron chi connectivity index (χ0n) is 4.78. The molecule has 1 heterocycles. The third-order valence-electron chi connectivity index (χ3n) is 0.606. The van der Waals surface area contributed by atoms with Crippen LogP contribution in [0.2, 0.25) is 0 Å². The Balaban J connectivity index is 0.000000291. The summed E-state index contributed by atoms with van der Waals surface area (Å²) in [5, 5.41) is 0. The van der Waals surface area contributed by atoms with Crippen molar-refractivity contribution in [2.24, 2.45) is 0 Å². The fraction of sp³-hybridized carbons (Fsp3) is 0. The van der Waals surface area contributed by atoms with Crippen molar-refractivity contribution in [1.82, 2.24) is 0 Å². The van der Waals surface area contributed by atoms with Crippen LogP contribution >= 0.6 is 0 Å². The van der Waals surface area contributed by atoms with Gasteiger partial charge in [-0.15, -0.1) is 0 Å². The summed E-state index contributed by atoms with van der Waals surface area (Å²) in [5.74, 6) is 0. The predicted molar refractivity (Wildman–Crippen MR) is 27.2 cm³/mol. The molecule has 0 radical (unpaired) electrons. The van der Waals surface area contributed by atoms with E-state index < -0.39 is 0 Å². The molecule has 1 aromatic heterocycles. The van der Waals surface area contributed by atoms with Gasteiger partial charge in [-0.25, -0.2) is 4.79 Å². The maximum atomic E-state index is 10.1. The van der Waals surface area contributed by atoms with Crippen molar-refractivity contribution in [3.8, 4) is 0 Å². The van der Waals surface area contributed by atoms with Crippen LogP contribution in [0.4, 0.5) is 0 Å². The first-order valence-corrected chi connectivity index (χ1v) is 3.58. The van der Waals surface area contributed by atoms with Crippen molar-refractivity contribution in [3.05, 3.63) is 34.9 Å². The van der Waals surface area contributed by atoms with E-state index in [1.807, 2.05) is 0 Å². The van der Waals surface area contributed by atoms with Crippen molar-refractivity contribution in [1.29, 1.82) is 0 Å². The normalized spacial score (nSPS) is 7.44. The van der Waals surface area contributed by atoms with Crippen molar-refractivity contribution in [3.63, 3.8) is 0 Å². The number of rotatable bonds is 0. The van der Waals surface area contributed by atoms with Crippen molar-refractivity contribution >= 4 is 0 Å². The van der Waals surface area contributed by atoms with Crippen molar-refractivity contribution in [2.75, 3.05) is 0 Å². The molecule has 0 bridgehead atoms. The zero-order valence-corrected chi connectivity index (χ0v) is 7.75. The molecular formula is C5H5O3Zn. The van der Waals surface area contributed by atoms with Crippen LogP contribution < -0.4 is 5.63 Å². The Hall–Kier alpha value is -0.467. The summed E-state index contributed by atoms with van der Waals surface area (Å²) in [5.41, 5.74) is -0.303. The van der Waals surface area contributed by atoms with Crippen LogP contribution in [-0.4, -0.2) is 3.93 Å². The van der Waals surface area contributed by atoms with Crippen LogP contribution in [-0.2, 0) is 18.7 Å². The maximum absolute atomic E-state index is 10.1. The Bertz CT molecular complexity index is 178. The van der Waals surface area contributed by atoms with Gasteiger partial charge in [0, 0.05) is 6.07 Å². The average Bonchev–Trinajstić information content (AvgIpc) is 1.94. The van der Waals surface area contributed by atoms with E-state index in [4.69, 9.17) is 3.93 Å².